The molecule has 0 atom stereocenters. The van der Waals surface area contributed by atoms with Gasteiger partial charge >= 0.3 is 0 Å². The summed E-state index contributed by atoms with van der Waals surface area (Å²) in [6, 6.07) is 35.9. The van der Waals surface area contributed by atoms with Gasteiger partial charge in [-0.3, -0.25) is 14.5 Å². The molecule has 6 rings (SSSR count). The highest BCUT2D eigenvalue weighted by molar-refractivity contribution is 5.68. The molecule has 0 spiro atoms. The highest BCUT2D eigenvalue weighted by Gasteiger charge is 2.19. The van der Waals surface area contributed by atoms with Crippen molar-refractivity contribution in [3.05, 3.63) is 122 Å². The Morgan fingerprint density at radius 2 is 1.14 bits per heavy atom. The van der Waals surface area contributed by atoms with Crippen LogP contribution < -0.4 is 0 Å². The molecule has 0 N–H and O–H groups in total. The SMILES string of the molecule is c1ccc(-c2ccc(-c3nnc(-c4cccc(-c5ccccn5)n4)n3-c3ccccc3)nc2)cc1. The van der Waals surface area contributed by atoms with Gasteiger partial charge in [0.15, 0.2) is 11.6 Å². The summed E-state index contributed by atoms with van der Waals surface area (Å²) in [4.78, 5) is 14.0. The van der Waals surface area contributed by atoms with Crippen LogP contribution >= 0.6 is 0 Å². The molecule has 166 valence electrons. The van der Waals surface area contributed by atoms with E-state index in [2.05, 4.69) is 33.4 Å². The standard InChI is InChI=1S/C29H20N6/c1-3-10-21(11-4-1)22-17-18-26(31-20-22)28-33-34-29(35(28)23-12-5-2-6-13-23)27-16-9-15-25(32-27)24-14-7-8-19-30-24/h1-20H. The Hall–Kier alpha value is -4.97. The van der Waals surface area contributed by atoms with E-state index in [1.165, 1.54) is 0 Å². The third-order valence-corrected chi connectivity index (χ3v) is 5.68. The molecule has 0 aliphatic heterocycles. The molecule has 0 aliphatic rings. The molecule has 0 bridgehead atoms. The molecule has 0 amide bonds. The smallest absolute Gasteiger partial charge is 0.187 e. The molecule has 4 aromatic heterocycles. The van der Waals surface area contributed by atoms with Crippen molar-refractivity contribution in [1.82, 2.24) is 29.7 Å². The molecule has 2 aromatic carbocycles. The van der Waals surface area contributed by atoms with Crippen molar-refractivity contribution >= 4 is 0 Å². The van der Waals surface area contributed by atoms with Gasteiger partial charge in [0.1, 0.15) is 11.4 Å². The van der Waals surface area contributed by atoms with Gasteiger partial charge < -0.3 is 0 Å². The molecule has 6 heteroatoms. The van der Waals surface area contributed by atoms with E-state index in [1.54, 1.807) is 6.20 Å². The fourth-order valence-corrected chi connectivity index (χ4v) is 3.98. The Bertz CT molecular complexity index is 1560. The van der Waals surface area contributed by atoms with Crippen LogP contribution in [-0.4, -0.2) is 29.7 Å². The molecule has 0 radical (unpaired) electrons. The zero-order valence-corrected chi connectivity index (χ0v) is 18.7. The van der Waals surface area contributed by atoms with Crippen molar-refractivity contribution in [2.75, 3.05) is 0 Å². The number of hydrogen-bond donors (Lipinski definition) is 0. The normalized spacial score (nSPS) is 10.9. The van der Waals surface area contributed by atoms with Crippen LogP contribution in [0, 0.1) is 0 Å². The van der Waals surface area contributed by atoms with Gasteiger partial charge in [0.2, 0.25) is 0 Å². The van der Waals surface area contributed by atoms with E-state index in [0.717, 1.165) is 33.9 Å². The van der Waals surface area contributed by atoms with Crippen molar-refractivity contribution in [1.29, 1.82) is 0 Å². The molecular formula is C29H20N6. The van der Waals surface area contributed by atoms with Gasteiger partial charge in [-0.1, -0.05) is 66.7 Å². The summed E-state index contributed by atoms with van der Waals surface area (Å²) in [6.07, 6.45) is 3.63. The van der Waals surface area contributed by atoms with Crippen molar-refractivity contribution in [3.63, 3.8) is 0 Å². The number of hydrogen-bond acceptors (Lipinski definition) is 5. The van der Waals surface area contributed by atoms with Crippen LogP contribution in [0.5, 0.6) is 0 Å². The van der Waals surface area contributed by atoms with E-state index in [9.17, 15) is 0 Å². The number of benzene rings is 2. The van der Waals surface area contributed by atoms with Crippen LogP contribution in [0.15, 0.2) is 122 Å². The molecule has 4 heterocycles. The maximum Gasteiger partial charge on any atom is 0.187 e. The third-order valence-electron chi connectivity index (χ3n) is 5.68. The quantitative estimate of drug-likeness (QED) is 0.315. The third kappa shape index (κ3) is 4.09. The summed E-state index contributed by atoms with van der Waals surface area (Å²) in [5, 5.41) is 9.08. The van der Waals surface area contributed by atoms with Gasteiger partial charge in [0.05, 0.1) is 11.4 Å². The Morgan fingerprint density at radius 1 is 0.457 bits per heavy atom. The molecular weight excluding hydrogens is 432 g/mol. The minimum Gasteiger partial charge on any atom is -0.272 e. The predicted molar refractivity (Wildman–Crippen MR) is 136 cm³/mol. The second-order valence-electron chi connectivity index (χ2n) is 7.94. The highest BCUT2D eigenvalue weighted by Crippen LogP contribution is 2.29. The largest absolute Gasteiger partial charge is 0.272 e. The second-order valence-corrected chi connectivity index (χ2v) is 7.94. The van der Waals surface area contributed by atoms with Gasteiger partial charge in [0.25, 0.3) is 0 Å². The van der Waals surface area contributed by atoms with Crippen LogP contribution in [0.2, 0.25) is 0 Å². The monoisotopic (exact) mass is 452 g/mol. The lowest BCUT2D eigenvalue weighted by atomic mass is 10.1. The van der Waals surface area contributed by atoms with Crippen LogP contribution in [0.25, 0.3) is 51.2 Å². The number of pyridine rings is 3. The van der Waals surface area contributed by atoms with Crippen molar-refractivity contribution < 1.29 is 0 Å². The van der Waals surface area contributed by atoms with Crippen LogP contribution in [0.3, 0.4) is 0 Å². The molecule has 0 saturated heterocycles. The molecule has 6 nitrogen and oxygen atoms in total. The number of aromatic nitrogens is 6. The maximum absolute atomic E-state index is 4.85. The lowest BCUT2D eigenvalue weighted by molar-refractivity contribution is 1.05. The summed E-state index contributed by atoms with van der Waals surface area (Å²) >= 11 is 0. The van der Waals surface area contributed by atoms with Gasteiger partial charge in [-0.15, -0.1) is 10.2 Å². The van der Waals surface area contributed by atoms with Gasteiger partial charge in [-0.2, -0.15) is 0 Å². The Morgan fingerprint density at radius 3 is 1.86 bits per heavy atom. The molecule has 0 unspecified atom stereocenters. The van der Waals surface area contributed by atoms with E-state index >= 15 is 0 Å². The summed E-state index contributed by atoms with van der Waals surface area (Å²) in [7, 11) is 0. The van der Waals surface area contributed by atoms with E-state index in [0.29, 0.717) is 17.3 Å². The molecule has 0 fully saturated rings. The van der Waals surface area contributed by atoms with E-state index in [1.807, 2.05) is 102 Å². The fourth-order valence-electron chi connectivity index (χ4n) is 3.98. The Balaban J connectivity index is 1.47. The minimum atomic E-state index is 0.637. The first-order valence-electron chi connectivity index (χ1n) is 11.3. The maximum atomic E-state index is 4.85. The first-order valence-corrected chi connectivity index (χ1v) is 11.3. The summed E-state index contributed by atoms with van der Waals surface area (Å²) in [5.41, 5.74) is 6.11. The first kappa shape index (κ1) is 20.6. The summed E-state index contributed by atoms with van der Waals surface area (Å²) in [6.45, 7) is 0. The molecule has 0 aliphatic carbocycles. The van der Waals surface area contributed by atoms with E-state index in [4.69, 9.17) is 9.97 Å². The van der Waals surface area contributed by atoms with E-state index in [-0.39, 0.29) is 0 Å². The number of rotatable bonds is 5. The second kappa shape index (κ2) is 9.11. The molecule has 6 aromatic rings. The zero-order chi connectivity index (χ0) is 23.5. The van der Waals surface area contributed by atoms with Crippen LogP contribution in [0.1, 0.15) is 0 Å². The van der Waals surface area contributed by atoms with Crippen LogP contribution in [-0.2, 0) is 0 Å². The zero-order valence-electron chi connectivity index (χ0n) is 18.7. The van der Waals surface area contributed by atoms with Gasteiger partial charge in [0, 0.05) is 23.6 Å². The van der Waals surface area contributed by atoms with Gasteiger partial charge in [-0.05, 0) is 48.0 Å². The predicted octanol–water partition coefficient (Wildman–Crippen LogP) is 6.12. The molecule has 35 heavy (non-hydrogen) atoms. The van der Waals surface area contributed by atoms with Crippen LogP contribution in [0.4, 0.5) is 0 Å². The van der Waals surface area contributed by atoms with Gasteiger partial charge in [-0.25, -0.2) is 4.98 Å². The fraction of sp³-hybridized carbons (Fsp3) is 0. The lowest BCUT2D eigenvalue weighted by Crippen LogP contribution is -2.02. The summed E-state index contributed by atoms with van der Waals surface area (Å²) < 4.78 is 2.00. The van der Waals surface area contributed by atoms with Crippen molar-refractivity contribution in [2.45, 2.75) is 0 Å². The molecule has 0 saturated carbocycles. The minimum absolute atomic E-state index is 0.637. The number of nitrogens with zero attached hydrogens (tertiary/aromatic N) is 6. The summed E-state index contributed by atoms with van der Waals surface area (Å²) in [5.74, 6) is 1.29. The first-order chi connectivity index (χ1) is 17.4. The van der Waals surface area contributed by atoms with Crippen molar-refractivity contribution in [3.8, 4) is 51.2 Å². The van der Waals surface area contributed by atoms with E-state index < -0.39 is 0 Å². The Kier molecular flexibility index (Phi) is 5.37. The number of para-hydroxylation sites is 1. The average molecular weight is 453 g/mol. The lowest BCUT2D eigenvalue weighted by Gasteiger charge is -2.11. The topological polar surface area (TPSA) is 69.4 Å². The Labute approximate surface area is 202 Å². The average Bonchev–Trinajstić information content (AvgIpc) is 3.40. The highest BCUT2D eigenvalue weighted by atomic mass is 15.3. The van der Waals surface area contributed by atoms with Crippen molar-refractivity contribution in [2.24, 2.45) is 0 Å².